The minimum absolute atomic E-state index is 0.0530. The van der Waals surface area contributed by atoms with E-state index >= 15 is 0 Å². The van der Waals surface area contributed by atoms with Gasteiger partial charge in [-0.05, 0) is 23.1 Å². The lowest BCUT2D eigenvalue weighted by atomic mass is 9.82. The average Bonchev–Trinajstić information content (AvgIpc) is 2.17. The Kier molecular flexibility index (Phi) is 4.05. The molecule has 2 atom stereocenters. The molecule has 0 aliphatic rings. The Labute approximate surface area is 96.6 Å². The maximum atomic E-state index is 12.8. The molecule has 1 aromatic carbocycles. The van der Waals surface area contributed by atoms with Crippen molar-refractivity contribution < 1.29 is 9.13 Å². The van der Waals surface area contributed by atoms with Crippen LogP contribution in [0.2, 0.25) is 0 Å². The van der Waals surface area contributed by atoms with Crippen LogP contribution in [0, 0.1) is 11.2 Å². The summed E-state index contributed by atoms with van der Waals surface area (Å²) in [7, 11) is 1.65. The van der Waals surface area contributed by atoms with Crippen LogP contribution in [0.4, 0.5) is 4.39 Å². The molecule has 2 unspecified atom stereocenters. The van der Waals surface area contributed by atoms with Gasteiger partial charge in [0.15, 0.2) is 0 Å². The van der Waals surface area contributed by atoms with Crippen LogP contribution in [0.5, 0.6) is 0 Å². The van der Waals surface area contributed by atoms with E-state index in [0.717, 1.165) is 5.56 Å². The standard InChI is InChI=1S/C13H20FNO/c1-13(2,3)12(16-4)11(15)9-5-7-10(14)8-6-9/h5-8,11-12H,15H2,1-4H3. The molecule has 0 bridgehead atoms. The smallest absolute Gasteiger partial charge is 0.123 e. The number of ether oxygens (including phenoxy) is 1. The number of halogens is 1. The van der Waals surface area contributed by atoms with Crippen LogP contribution < -0.4 is 5.73 Å². The molecule has 1 rings (SSSR count). The van der Waals surface area contributed by atoms with E-state index < -0.39 is 0 Å². The van der Waals surface area contributed by atoms with Gasteiger partial charge in [0.2, 0.25) is 0 Å². The van der Waals surface area contributed by atoms with E-state index in [1.54, 1.807) is 19.2 Å². The Hall–Kier alpha value is -0.930. The summed E-state index contributed by atoms with van der Waals surface area (Å²) in [6.07, 6.45) is -0.0991. The molecular formula is C13H20FNO. The van der Waals surface area contributed by atoms with Gasteiger partial charge in [-0.15, -0.1) is 0 Å². The number of hydrogen-bond donors (Lipinski definition) is 1. The summed E-state index contributed by atoms with van der Waals surface area (Å²) in [4.78, 5) is 0. The predicted molar refractivity (Wildman–Crippen MR) is 63.6 cm³/mol. The Morgan fingerprint density at radius 2 is 1.69 bits per heavy atom. The highest BCUT2D eigenvalue weighted by atomic mass is 19.1. The van der Waals surface area contributed by atoms with Crippen LogP contribution in [0.1, 0.15) is 32.4 Å². The molecule has 0 fully saturated rings. The van der Waals surface area contributed by atoms with Gasteiger partial charge in [0, 0.05) is 7.11 Å². The van der Waals surface area contributed by atoms with Crippen molar-refractivity contribution in [1.82, 2.24) is 0 Å². The summed E-state index contributed by atoms with van der Waals surface area (Å²) in [5, 5.41) is 0. The second-order valence-corrected chi connectivity index (χ2v) is 5.10. The number of hydrogen-bond acceptors (Lipinski definition) is 2. The number of methoxy groups -OCH3 is 1. The van der Waals surface area contributed by atoms with Gasteiger partial charge in [0.1, 0.15) is 5.82 Å². The molecule has 90 valence electrons. The minimum atomic E-state index is -0.249. The molecule has 0 aromatic heterocycles. The molecule has 0 amide bonds. The van der Waals surface area contributed by atoms with Gasteiger partial charge in [0.05, 0.1) is 12.1 Å². The minimum Gasteiger partial charge on any atom is -0.379 e. The average molecular weight is 225 g/mol. The first-order valence-corrected chi connectivity index (χ1v) is 5.40. The Bertz CT molecular complexity index is 329. The van der Waals surface area contributed by atoms with Gasteiger partial charge in [-0.2, -0.15) is 0 Å². The van der Waals surface area contributed by atoms with Crippen molar-refractivity contribution in [2.45, 2.75) is 32.9 Å². The quantitative estimate of drug-likeness (QED) is 0.858. The van der Waals surface area contributed by atoms with Crippen molar-refractivity contribution in [2.24, 2.45) is 11.1 Å². The van der Waals surface area contributed by atoms with E-state index in [9.17, 15) is 4.39 Å². The molecule has 2 N–H and O–H groups in total. The first-order valence-electron chi connectivity index (χ1n) is 5.40. The fourth-order valence-electron chi connectivity index (χ4n) is 1.90. The SMILES string of the molecule is COC(C(N)c1ccc(F)cc1)C(C)(C)C. The van der Waals surface area contributed by atoms with E-state index in [1.165, 1.54) is 12.1 Å². The van der Waals surface area contributed by atoms with Crippen LogP contribution in [0.25, 0.3) is 0 Å². The summed E-state index contributed by atoms with van der Waals surface area (Å²) in [5.74, 6) is -0.249. The van der Waals surface area contributed by atoms with E-state index in [4.69, 9.17) is 10.5 Å². The van der Waals surface area contributed by atoms with Crippen molar-refractivity contribution in [3.05, 3.63) is 35.6 Å². The number of nitrogens with two attached hydrogens (primary N) is 1. The first kappa shape index (κ1) is 13.1. The molecule has 0 heterocycles. The Morgan fingerprint density at radius 3 is 2.06 bits per heavy atom. The van der Waals surface area contributed by atoms with Crippen LogP contribution in [-0.2, 0) is 4.74 Å². The molecule has 0 aliphatic heterocycles. The molecule has 1 aromatic rings. The van der Waals surface area contributed by atoms with Crippen molar-refractivity contribution in [2.75, 3.05) is 7.11 Å². The Morgan fingerprint density at radius 1 is 1.19 bits per heavy atom. The monoisotopic (exact) mass is 225 g/mol. The van der Waals surface area contributed by atoms with Crippen LogP contribution in [0.3, 0.4) is 0 Å². The highest BCUT2D eigenvalue weighted by Gasteiger charge is 2.30. The maximum Gasteiger partial charge on any atom is 0.123 e. The van der Waals surface area contributed by atoms with Gasteiger partial charge in [0.25, 0.3) is 0 Å². The van der Waals surface area contributed by atoms with Crippen LogP contribution >= 0.6 is 0 Å². The van der Waals surface area contributed by atoms with Crippen LogP contribution in [0.15, 0.2) is 24.3 Å². The molecule has 0 saturated carbocycles. The number of rotatable bonds is 3. The second-order valence-electron chi connectivity index (χ2n) is 5.10. The lowest BCUT2D eigenvalue weighted by Gasteiger charge is -2.34. The topological polar surface area (TPSA) is 35.2 Å². The zero-order valence-corrected chi connectivity index (χ0v) is 10.3. The fraction of sp³-hybridized carbons (Fsp3) is 0.538. The third-order valence-corrected chi connectivity index (χ3v) is 2.69. The maximum absolute atomic E-state index is 12.8. The van der Waals surface area contributed by atoms with E-state index in [0.29, 0.717) is 0 Å². The molecule has 0 aliphatic carbocycles. The normalized spacial score (nSPS) is 15.9. The predicted octanol–water partition coefficient (Wildman–Crippen LogP) is 2.89. The summed E-state index contributed by atoms with van der Waals surface area (Å²) in [6, 6.07) is 6.01. The van der Waals surface area contributed by atoms with Crippen molar-refractivity contribution >= 4 is 0 Å². The van der Waals surface area contributed by atoms with Gasteiger partial charge in [-0.1, -0.05) is 32.9 Å². The highest BCUT2D eigenvalue weighted by Crippen LogP contribution is 2.30. The molecule has 0 radical (unpaired) electrons. The third-order valence-electron chi connectivity index (χ3n) is 2.69. The van der Waals surface area contributed by atoms with Crippen molar-refractivity contribution in [1.29, 1.82) is 0 Å². The van der Waals surface area contributed by atoms with Gasteiger partial charge in [-0.25, -0.2) is 4.39 Å². The third kappa shape index (κ3) is 3.03. The first-order chi connectivity index (χ1) is 7.36. The van der Waals surface area contributed by atoms with E-state index in [2.05, 4.69) is 20.8 Å². The summed E-state index contributed by atoms with van der Waals surface area (Å²) < 4.78 is 18.2. The van der Waals surface area contributed by atoms with E-state index in [-0.39, 0.29) is 23.4 Å². The Balaban J connectivity index is 2.91. The summed E-state index contributed by atoms with van der Waals surface area (Å²) in [5.41, 5.74) is 6.98. The summed E-state index contributed by atoms with van der Waals surface area (Å²) in [6.45, 7) is 6.22. The largest absolute Gasteiger partial charge is 0.379 e. The highest BCUT2D eigenvalue weighted by molar-refractivity contribution is 5.21. The molecule has 3 heteroatoms. The van der Waals surface area contributed by atoms with Gasteiger partial charge < -0.3 is 10.5 Å². The van der Waals surface area contributed by atoms with E-state index in [1.807, 2.05) is 0 Å². The zero-order valence-electron chi connectivity index (χ0n) is 10.3. The van der Waals surface area contributed by atoms with Crippen molar-refractivity contribution in [3.63, 3.8) is 0 Å². The fourth-order valence-corrected chi connectivity index (χ4v) is 1.90. The van der Waals surface area contributed by atoms with Gasteiger partial charge >= 0.3 is 0 Å². The van der Waals surface area contributed by atoms with Crippen LogP contribution in [-0.4, -0.2) is 13.2 Å². The number of benzene rings is 1. The lowest BCUT2D eigenvalue weighted by molar-refractivity contribution is -0.00244. The molecule has 0 saturated heterocycles. The molecule has 2 nitrogen and oxygen atoms in total. The zero-order chi connectivity index (χ0) is 12.3. The second kappa shape index (κ2) is 4.93. The molecule has 0 spiro atoms. The van der Waals surface area contributed by atoms with Crippen molar-refractivity contribution in [3.8, 4) is 0 Å². The molecular weight excluding hydrogens is 205 g/mol. The lowest BCUT2D eigenvalue weighted by Crippen LogP contribution is -2.38. The molecule has 16 heavy (non-hydrogen) atoms. The summed E-state index contributed by atoms with van der Waals surface area (Å²) >= 11 is 0. The van der Waals surface area contributed by atoms with Gasteiger partial charge in [-0.3, -0.25) is 0 Å².